The van der Waals surface area contributed by atoms with Crippen LogP contribution in [0, 0.1) is 13.8 Å². The van der Waals surface area contributed by atoms with Gasteiger partial charge in [-0.1, -0.05) is 52.3 Å². The van der Waals surface area contributed by atoms with E-state index in [1.54, 1.807) is 0 Å². The highest BCUT2D eigenvalue weighted by atomic mass is 79.9. The Hall–Kier alpha value is -1.34. The van der Waals surface area contributed by atoms with Crippen molar-refractivity contribution in [3.63, 3.8) is 0 Å². The normalized spacial score (nSPS) is 11.2. The molecule has 0 N–H and O–H groups in total. The minimum absolute atomic E-state index is 1.16. The summed E-state index contributed by atoms with van der Waals surface area (Å²) < 4.78 is 1.16. The highest BCUT2D eigenvalue weighted by Crippen LogP contribution is 2.33. The SMILES string of the molecule is Cc1ccc2ccc3c(Br)cccc3c2c1C. The summed E-state index contributed by atoms with van der Waals surface area (Å²) in [7, 11) is 0. The van der Waals surface area contributed by atoms with Crippen molar-refractivity contribution in [1.82, 2.24) is 0 Å². The maximum absolute atomic E-state index is 3.63. The first-order valence-corrected chi connectivity index (χ1v) is 6.55. The molecule has 0 fully saturated rings. The van der Waals surface area contributed by atoms with Crippen LogP contribution < -0.4 is 0 Å². The molecule has 0 atom stereocenters. The van der Waals surface area contributed by atoms with Crippen LogP contribution in [0.4, 0.5) is 0 Å². The molecular formula is C16H13Br. The standard InChI is InChI=1S/C16H13Br/c1-10-6-7-12-8-9-13-14(16(12)11(10)2)4-3-5-15(13)17/h3-9H,1-2H3. The summed E-state index contributed by atoms with van der Waals surface area (Å²) in [5, 5.41) is 5.31. The lowest BCUT2D eigenvalue weighted by Gasteiger charge is -2.10. The average molecular weight is 285 g/mol. The highest BCUT2D eigenvalue weighted by molar-refractivity contribution is 9.10. The maximum Gasteiger partial charge on any atom is 0.0253 e. The molecule has 0 spiro atoms. The molecule has 0 saturated heterocycles. The van der Waals surface area contributed by atoms with Gasteiger partial charge >= 0.3 is 0 Å². The predicted molar refractivity (Wildman–Crippen MR) is 78.6 cm³/mol. The van der Waals surface area contributed by atoms with Gasteiger partial charge in [0.15, 0.2) is 0 Å². The van der Waals surface area contributed by atoms with E-state index in [-0.39, 0.29) is 0 Å². The fourth-order valence-electron chi connectivity index (χ4n) is 2.43. The maximum atomic E-state index is 3.63. The van der Waals surface area contributed by atoms with Crippen LogP contribution in [0.15, 0.2) is 46.9 Å². The molecule has 0 aliphatic carbocycles. The lowest BCUT2D eigenvalue weighted by Crippen LogP contribution is -1.86. The monoisotopic (exact) mass is 284 g/mol. The van der Waals surface area contributed by atoms with Gasteiger partial charge in [0.1, 0.15) is 0 Å². The van der Waals surface area contributed by atoms with E-state index >= 15 is 0 Å². The minimum Gasteiger partial charge on any atom is -0.0605 e. The summed E-state index contributed by atoms with van der Waals surface area (Å²) in [4.78, 5) is 0. The van der Waals surface area contributed by atoms with Gasteiger partial charge in [-0.15, -0.1) is 0 Å². The van der Waals surface area contributed by atoms with Crippen LogP contribution in [-0.4, -0.2) is 0 Å². The Morgan fingerprint density at radius 1 is 0.824 bits per heavy atom. The molecule has 3 rings (SSSR count). The van der Waals surface area contributed by atoms with Gasteiger partial charge < -0.3 is 0 Å². The average Bonchev–Trinajstić information content (AvgIpc) is 2.34. The Balaban J connectivity index is 2.63. The van der Waals surface area contributed by atoms with Crippen molar-refractivity contribution < 1.29 is 0 Å². The molecule has 0 bridgehead atoms. The number of benzene rings is 3. The van der Waals surface area contributed by atoms with Crippen LogP contribution >= 0.6 is 15.9 Å². The van der Waals surface area contributed by atoms with E-state index in [1.807, 2.05) is 0 Å². The molecule has 0 heterocycles. The minimum atomic E-state index is 1.16. The molecule has 0 saturated carbocycles. The van der Waals surface area contributed by atoms with Gasteiger partial charge in [-0.05, 0) is 52.6 Å². The number of fused-ring (bicyclic) bond motifs is 3. The molecule has 0 unspecified atom stereocenters. The number of hydrogen-bond acceptors (Lipinski definition) is 0. The number of aryl methyl sites for hydroxylation is 2. The third-order valence-electron chi connectivity index (χ3n) is 3.52. The summed E-state index contributed by atoms with van der Waals surface area (Å²) >= 11 is 3.63. The Morgan fingerprint density at radius 2 is 1.59 bits per heavy atom. The van der Waals surface area contributed by atoms with E-state index < -0.39 is 0 Å². The fraction of sp³-hybridized carbons (Fsp3) is 0.125. The van der Waals surface area contributed by atoms with Crippen molar-refractivity contribution in [3.05, 3.63) is 58.1 Å². The van der Waals surface area contributed by atoms with E-state index in [0.29, 0.717) is 0 Å². The summed E-state index contributed by atoms with van der Waals surface area (Å²) in [6.45, 7) is 4.38. The van der Waals surface area contributed by atoms with Crippen LogP contribution in [-0.2, 0) is 0 Å². The summed E-state index contributed by atoms with van der Waals surface area (Å²) in [6, 6.07) is 15.2. The van der Waals surface area contributed by atoms with Crippen LogP contribution in [0.25, 0.3) is 21.5 Å². The van der Waals surface area contributed by atoms with Gasteiger partial charge in [0.25, 0.3) is 0 Å². The van der Waals surface area contributed by atoms with Gasteiger partial charge in [-0.25, -0.2) is 0 Å². The first-order chi connectivity index (χ1) is 8.18. The Morgan fingerprint density at radius 3 is 2.41 bits per heavy atom. The quantitative estimate of drug-likeness (QED) is 0.487. The van der Waals surface area contributed by atoms with Crippen molar-refractivity contribution in [1.29, 1.82) is 0 Å². The summed E-state index contributed by atoms with van der Waals surface area (Å²) in [5.41, 5.74) is 2.73. The first-order valence-electron chi connectivity index (χ1n) is 5.75. The lowest BCUT2D eigenvalue weighted by molar-refractivity contribution is 1.38. The Kier molecular flexibility index (Phi) is 2.44. The summed E-state index contributed by atoms with van der Waals surface area (Å²) in [5.74, 6) is 0. The van der Waals surface area contributed by atoms with Crippen molar-refractivity contribution in [2.24, 2.45) is 0 Å². The first kappa shape index (κ1) is 10.8. The van der Waals surface area contributed by atoms with Crippen LogP contribution in [0.1, 0.15) is 11.1 Å². The van der Waals surface area contributed by atoms with Gasteiger partial charge in [0.05, 0.1) is 0 Å². The molecule has 0 amide bonds. The largest absolute Gasteiger partial charge is 0.0605 e. The molecule has 3 aromatic rings. The predicted octanol–water partition coefficient (Wildman–Crippen LogP) is 5.37. The number of rotatable bonds is 0. The molecular weight excluding hydrogens is 272 g/mol. The van der Waals surface area contributed by atoms with Crippen LogP contribution in [0.2, 0.25) is 0 Å². The van der Waals surface area contributed by atoms with E-state index in [1.165, 1.54) is 32.7 Å². The van der Waals surface area contributed by atoms with E-state index in [9.17, 15) is 0 Å². The zero-order valence-corrected chi connectivity index (χ0v) is 11.5. The third-order valence-corrected chi connectivity index (χ3v) is 4.21. The zero-order chi connectivity index (χ0) is 12.0. The number of hydrogen-bond donors (Lipinski definition) is 0. The molecule has 17 heavy (non-hydrogen) atoms. The lowest BCUT2D eigenvalue weighted by atomic mass is 9.96. The Labute approximate surface area is 109 Å². The van der Waals surface area contributed by atoms with Crippen molar-refractivity contribution in [3.8, 4) is 0 Å². The van der Waals surface area contributed by atoms with Crippen LogP contribution in [0.5, 0.6) is 0 Å². The molecule has 1 heteroatoms. The smallest absolute Gasteiger partial charge is 0.0253 e. The van der Waals surface area contributed by atoms with E-state index in [2.05, 4.69) is 72.2 Å². The molecule has 0 aliphatic rings. The molecule has 0 nitrogen and oxygen atoms in total. The van der Waals surface area contributed by atoms with Gasteiger partial charge in [0, 0.05) is 4.47 Å². The van der Waals surface area contributed by atoms with E-state index in [4.69, 9.17) is 0 Å². The topological polar surface area (TPSA) is 0 Å². The van der Waals surface area contributed by atoms with Gasteiger partial charge in [-0.3, -0.25) is 0 Å². The van der Waals surface area contributed by atoms with Crippen molar-refractivity contribution in [2.45, 2.75) is 13.8 Å². The fourth-order valence-corrected chi connectivity index (χ4v) is 2.93. The number of halogens is 1. The molecule has 0 aromatic heterocycles. The molecule has 0 radical (unpaired) electrons. The third kappa shape index (κ3) is 1.57. The molecule has 84 valence electrons. The second kappa shape index (κ2) is 3.85. The second-order valence-corrected chi connectivity index (χ2v) is 5.36. The highest BCUT2D eigenvalue weighted by Gasteiger charge is 2.06. The molecule has 0 aliphatic heterocycles. The van der Waals surface area contributed by atoms with E-state index in [0.717, 1.165) is 4.47 Å². The summed E-state index contributed by atoms with van der Waals surface area (Å²) in [6.07, 6.45) is 0. The van der Waals surface area contributed by atoms with Crippen LogP contribution in [0.3, 0.4) is 0 Å². The van der Waals surface area contributed by atoms with Crippen molar-refractivity contribution >= 4 is 37.5 Å². The zero-order valence-electron chi connectivity index (χ0n) is 9.92. The Bertz CT molecular complexity index is 726. The molecule has 3 aromatic carbocycles. The van der Waals surface area contributed by atoms with Gasteiger partial charge in [0.2, 0.25) is 0 Å². The van der Waals surface area contributed by atoms with Gasteiger partial charge in [-0.2, -0.15) is 0 Å². The van der Waals surface area contributed by atoms with Crippen molar-refractivity contribution in [2.75, 3.05) is 0 Å². The second-order valence-electron chi connectivity index (χ2n) is 4.51.